The Bertz CT molecular complexity index is 144. The second-order valence-corrected chi connectivity index (χ2v) is 3.69. The predicted octanol–water partition coefficient (Wildman–Crippen LogP) is 8.23. The highest BCUT2D eigenvalue weighted by Gasteiger charge is 2.08. The maximum atomic E-state index is 5.67. The summed E-state index contributed by atoms with van der Waals surface area (Å²) in [6.45, 7) is 11.9. The van der Waals surface area contributed by atoms with Gasteiger partial charge in [0.05, 0.1) is 38.6 Å². The first-order valence-corrected chi connectivity index (χ1v) is 6.09. The Morgan fingerprint density at radius 3 is 1.15 bits per heavy atom. The minimum Gasteiger partial charge on any atom is -0.379 e. The van der Waals surface area contributed by atoms with Crippen LogP contribution in [0.25, 0.3) is 0 Å². The monoisotopic (exact) mass is 394 g/mol. The molecule has 2 unspecified atom stereocenters. The van der Waals surface area contributed by atoms with Crippen LogP contribution < -0.4 is 0 Å². The summed E-state index contributed by atoms with van der Waals surface area (Å²) in [5.74, 6) is 0. The van der Waals surface area contributed by atoms with Crippen LogP contribution >= 0.6 is 0 Å². The van der Waals surface area contributed by atoms with Crippen LogP contribution in [0.5, 0.6) is 0 Å². The van der Waals surface area contributed by atoms with Crippen LogP contribution in [0.3, 0.4) is 0 Å². The average molecular weight is 395 g/mol. The molecular weight excluding hydrogens is 328 g/mol. The van der Waals surface area contributed by atoms with E-state index in [-0.39, 0.29) is 86.5 Å². The van der Waals surface area contributed by atoms with E-state index in [2.05, 4.69) is 0 Å². The fraction of sp³-hybridized carbons (Fsp3) is 1.00. The highest BCUT2D eigenvalue weighted by atomic mass is 16.6. The van der Waals surface area contributed by atoms with Gasteiger partial charge in [0.1, 0.15) is 0 Å². The molecule has 0 saturated heterocycles. The zero-order valence-electron chi connectivity index (χ0n) is 11.0. The van der Waals surface area contributed by atoms with E-state index in [1.54, 1.807) is 0 Å². The zero-order valence-corrected chi connectivity index (χ0v) is 11.0. The van der Waals surface area contributed by atoms with Gasteiger partial charge in [0.2, 0.25) is 0 Å². The lowest BCUT2D eigenvalue weighted by Crippen LogP contribution is -2.25. The van der Waals surface area contributed by atoms with Crippen molar-refractivity contribution in [3.05, 3.63) is 0 Å². The van der Waals surface area contributed by atoms with Crippen molar-refractivity contribution in [2.75, 3.05) is 39.6 Å². The van der Waals surface area contributed by atoms with Gasteiger partial charge >= 0.3 is 0 Å². The molecule has 0 aliphatic rings. The Labute approximate surface area is 173 Å². The third kappa shape index (κ3) is 56.5. The normalized spacial score (nSPS) is 9.23. The Hall–Kier alpha value is -0.160. The number of hydrogen-bond donors (Lipinski definition) is 0. The topological polar surface area (TPSA) is 36.9 Å². The average Bonchev–Trinajstić information content (AvgIpc) is 2.26. The molecule has 26 heavy (non-hydrogen) atoms. The molecule has 0 saturated carbocycles. The van der Waals surface area contributed by atoms with E-state index in [0.29, 0.717) is 26.4 Å². The molecule has 4 heteroatoms. The van der Waals surface area contributed by atoms with Gasteiger partial charge in [-0.05, 0) is 27.7 Å². The summed E-state index contributed by atoms with van der Waals surface area (Å²) in [5, 5.41) is 0. The molecule has 178 valence electrons. The van der Waals surface area contributed by atoms with Gasteiger partial charge in [-0.3, -0.25) is 0 Å². The molecular formula is C22H66O4. The second kappa shape index (κ2) is 56.3. The van der Waals surface area contributed by atoms with E-state index in [1.807, 2.05) is 27.7 Å². The summed E-state index contributed by atoms with van der Waals surface area (Å²) in [6, 6.07) is 0. The minimum absolute atomic E-state index is 0. The van der Waals surface area contributed by atoms with Crippen LogP contribution in [0, 0.1) is 0 Å². The van der Waals surface area contributed by atoms with Crippen molar-refractivity contribution in [2.24, 2.45) is 0 Å². The SMILES string of the molecule is C.C.C.C.C.C.C.C.C.C.CCOCCOCC(C)OC(C)COCC. The van der Waals surface area contributed by atoms with Crippen LogP contribution in [0.4, 0.5) is 0 Å². The minimum atomic E-state index is 0. The molecule has 0 bridgehead atoms. The standard InChI is InChI=1S/C12H26O4.10CH4/c1-5-13-7-8-15-10-12(4)16-11(3)9-14-6-2;;;;;;;;;;/h11-12H,5-10H2,1-4H3;10*1H4. The van der Waals surface area contributed by atoms with Crippen LogP contribution in [-0.2, 0) is 18.9 Å². The molecule has 0 rings (SSSR count). The number of hydrogen-bond acceptors (Lipinski definition) is 4. The first-order chi connectivity index (χ1) is 7.70. The molecule has 0 spiro atoms. The Kier molecular flexibility index (Phi) is 157. The van der Waals surface area contributed by atoms with E-state index in [4.69, 9.17) is 18.9 Å². The van der Waals surface area contributed by atoms with Crippen molar-refractivity contribution in [1.29, 1.82) is 0 Å². The molecule has 0 fully saturated rings. The predicted molar refractivity (Wildman–Crippen MR) is 131 cm³/mol. The van der Waals surface area contributed by atoms with Gasteiger partial charge in [-0.1, -0.05) is 74.3 Å². The lowest BCUT2D eigenvalue weighted by molar-refractivity contribution is -0.0740. The summed E-state index contributed by atoms with van der Waals surface area (Å²) in [5.41, 5.74) is 0. The number of ether oxygens (including phenoxy) is 4. The van der Waals surface area contributed by atoms with E-state index in [1.165, 1.54) is 0 Å². The molecule has 2 atom stereocenters. The summed E-state index contributed by atoms with van der Waals surface area (Å²) >= 11 is 0. The molecule has 0 aromatic rings. The summed E-state index contributed by atoms with van der Waals surface area (Å²) in [6.07, 6.45) is 0.211. The molecule has 0 aliphatic carbocycles. The van der Waals surface area contributed by atoms with E-state index >= 15 is 0 Å². The zero-order chi connectivity index (χ0) is 12.2. The summed E-state index contributed by atoms with van der Waals surface area (Å²) < 4.78 is 21.5. The van der Waals surface area contributed by atoms with Crippen molar-refractivity contribution in [2.45, 2.75) is 114 Å². The molecule has 0 heterocycles. The van der Waals surface area contributed by atoms with E-state index in [0.717, 1.165) is 13.2 Å². The molecule has 0 aliphatic heterocycles. The van der Waals surface area contributed by atoms with Crippen LogP contribution in [-0.4, -0.2) is 51.8 Å². The van der Waals surface area contributed by atoms with E-state index in [9.17, 15) is 0 Å². The highest BCUT2D eigenvalue weighted by Crippen LogP contribution is 1.99. The molecule has 0 N–H and O–H groups in total. The van der Waals surface area contributed by atoms with Crippen LogP contribution in [0.1, 0.15) is 102 Å². The van der Waals surface area contributed by atoms with Crippen molar-refractivity contribution >= 4 is 0 Å². The largest absolute Gasteiger partial charge is 0.379 e. The molecule has 4 nitrogen and oxygen atoms in total. The Morgan fingerprint density at radius 2 is 0.808 bits per heavy atom. The lowest BCUT2D eigenvalue weighted by atomic mass is 10.4. The first-order valence-electron chi connectivity index (χ1n) is 6.09. The van der Waals surface area contributed by atoms with Gasteiger partial charge in [-0.2, -0.15) is 0 Å². The highest BCUT2D eigenvalue weighted by molar-refractivity contribution is 4.53. The fourth-order valence-corrected chi connectivity index (χ4v) is 1.27. The van der Waals surface area contributed by atoms with Gasteiger partial charge in [0, 0.05) is 13.2 Å². The molecule has 0 aromatic heterocycles. The van der Waals surface area contributed by atoms with Crippen molar-refractivity contribution in [3.8, 4) is 0 Å². The van der Waals surface area contributed by atoms with Crippen molar-refractivity contribution < 1.29 is 18.9 Å². The fourth-order valence-electron chi connectivity index (χ4n) is 1.27. The number of rotatable bonds is 11. The van der Waals surface area contributed by atoms with Crippen LogP contribution in [0.2, 0.25) is 0 Å². The molecule has 0 aromatic carbocycles. The maximum absolute atomic E-state index is 5.67. The quantitative estimate of drug-likeness (QED) is 0.331. The lowest BCUT2D eigenvalue weighted by Gasteiger charge is -2.19. The van der Waals surface area contributed by atoms with Gasteiger partial charge < -0.3 is 18.9 Å². The second-order valence-electron chi connectivity index (χ2n) is 3.69. The van der Waals surface area contributed by atoms with E-state index < -0.39 is 0 Å². The molecule has 0 radical (unpaired) electrons. The van der Waals surface area contributed by atoms with Crippen LogP contribution in [0.15, 0.2) is 0 Å². The smallest absolute Gasteiger partial charge is 0.0785 e. The van der Waals surface area contributed by atoms with Gasteiger partial charge in [0.25, 0.3) is 0 Å². The maximum Gasteiger partial charge on any atom is 0.0785 e. The Morgan fingerprint density at radius 1 is 0.500 bits per heavy atom. The third-order valence-electron chi connectivity index (χ3n) is 1.95. The van der Waals surface area contributed by atoms with Gasteiger partial charge in [-0.25, -0.2) is 0 Å². The Balaban J connectivity index is -0.0000000250. The first kappa shape index (κ1) is 72.4. The van der Waals surface area contributed by atoms with Crippen molar-refractivity contribution in [1.82, 2.24) is 0 Å². The summed E-state index contributed by atoms with van der Waals surface area (Å²) in [7, 11) is 0. The van der Waals surface area contributed by atoms with Crippen molar-refractivity contribution in [3.63, 3.8) is 0 Å². The summed E-state index contributed by atoms with van der Waals surface area (Å²) in [4.78, 5) is 0. The van der Waals surface area contributed by atoms with Gasteiger partial charge in [-0.15, -0.1) is 0 Å². The molecule has 0 amide bonds. The van der Waals surface area contributed by atoms with Gasteiger partial charge in [0.15, 0.2) is 0 Å². The third-order valence-corrected chi connectivity index (χ3v) is 1.95.